The van der Waals surface area contributed by atoms with Crippen molar-refractivity contribution < 1.29 is 14.4 Å². The van der Waals surface area contributed by atoms with Gasteiger partial charge in [-0.05, 0) is 33.6 Å². The summed E-state index contributed by atoms with van der Waals surface area (Å²) < 4.78 is 3.39. The Labute approximate surface area is 163 Å². The third-order valence-electron chi connectivity index (χ3n) is 5.31. The van der Waals surface area contributed by atoms with Crippen LogP contribution in [0.1, 0.15) is 53.3 Å². The van der Waals surface area contributed by atoms with Gasteiger partial charge in [-0.2, -0.15) is 5.10 Å². The predicted octanol–water partition coefficient (Wildman–Crippen LogP) is 0.791. The number of amides is 2. The van der Waals surface area contributed by atoms with Crippen molar-refractivity contribution in [1.29, 1.82) is 0 Å². The average Bonchev–Trinajstić information content (AvgIpc) is 3.18. The molecule has 2 amide bonds. The maximum Gasteiger partial charge on any atom is 0.244 e. The van der Waals surface area contributed by atoms with Crippen LogP contribution in [0.5, 0.6) is 0 Å². The summed E-state index contributed by atoms with van der Waals surface area (Å²) in [5.41, 5.74) is 7.26. The van der Waals surface area contributed by atoms with E-state index >= 15 is 0 Å². The van der Waals surface area contributed by atoms with Crippen molar-refractivity contribution in [2.24, 2.45) is 5.73 Å². The molecular formula is C19H26N6O3. The Bertz CT molecular complexity index is 905. The van der Waals surface area contributed by atoms with Crippen molar-refractivity contribution >= 4 is 17.6 Å². The molecule has 2 aromatic rings. The fourth-order valence-electron chi connectivity index (χ4n) is 3.96. The smallest absolute Gasteiger partial charge is 0.244 e. The first kappa shape index (κ1) is 19.8. The molecule has 2 N–H and O–H groups in total. The van der Waals surface area contributed by atoms with E-state index in [-0.39, 0.29) is 30.7 Å². The fraction of sp³-hybridized carbons (Fsp3) is 0.526. The highest BCUT2D eigenvalue weighted by Crippen LogP contribution is 2.27. The molecule has 0 unspecified atom stereocenters. The van der Waals surface area contributed by atoms with Gasteiger partial charge >= 0.3 is 0 Å². The number of likely N-dealkylation sites (tertiary alicyclic amines) is 1. The van der Waals surface area contributed by atoms with Gasteiger partial charge in [0.15, 0.2) is 5.78 Å². The van der Waals surface area contributed by atoms with Gasteiger partial charge in [-0.3, -0.25) is 19.1 Å². The van der Waals surface area contributed by atoms with Gasteiger partial charge in [0.05, 0.1) is 11.3 Å². The Balaban J connectivity index is 1.62. The normalized spacial score (nSPS) is 15.0. The van der Waals surface area contributed by atoms with E-state index in [0.29, 0.717) is 24.3 Å². The number of aromatic nitrogens is 4. The molecule has 0 atom stereocenters. The van der Waals surface area contributed by atoms with Crippen LogP contribution >= 0.6 is 0 Å². The average molecular weight is 386 g/mol. The second-order valence-corrected chi connectivity index (χ2v) is 7.29. The first-order valence-electron chi connectivity index (χ1n) is 9.40. The molecule has 1 aliphatic rings. The minimum Gasteiger partial charge on any atom is -0.368 e. The van der Waals surface area contributed by atoms with Crippen LogP contribution in [0.4, 0.5) is 0 Å². The zero-order chi connectivity index (χ0) is 20.4. The minimum atomic E-state index is -0.401. The molecule has 1 fully saturated rings. The Morgan fingerprint density at radius 2 is 1.86 bits per heavy atom. The van der Waals surface area contributed by atoms with Gasteiger partial charge in [0.25, 0.3) is 0 Å². The summed E-state index contributed by atoms with van der Waals surface area (Å²) in [6.07, 6.45) is 4.98. The summed E-state index contributed by atoms with van der Waals surface area (Å²) in [5.74, 6) is 0.578. The molecule has 1 aliphatic heterocycles. The summed E-state index contributed by atoms with van der Waals surface area (Å²) in [6.45, 7) is 6.58. The Morgan fingerprint density at radius 1 is 1.18 bits per heavy atom. The SMILES string of the molecule is CC(=O)c1c(C)nn(CC(=O)N2CCC(c3nccn3CC(N)=O)CC2)c1C. The zero-order valence-electron chi connectivity index (χ0n) is 16.5. The molecule has 0 saturated carbocycles. The number of hydrogen-bond donors (Lipinski definition) is 1. The molecule has 3 heterocycles. The highest BCUT2D eigenvalue weighted by molar-refractivity contribution is 5.96. The van der Waals surface area contributed by atoms with Crippen molar-refractivity contribution in [2.45, 2.75) is 52.6 Å². The molecule has 150 valence electrons. The summed E-state index contributed by atoms with van der Waals surface area (Å²) in [6, 6.07) is 0. The zero-order valence-corrected chi connectivity index (χ0v) is 16.5. The molecule has 2 aromatic heterocycles. The summed E-state index contributed by atoms with van der Waals surface area (Å²) in [5, 5.41) is 4.35. The largest absolute Gasteiger partial charge is 0.368 e. The summed E-state index contributed by atoms with van der Waals surface area (Å²) in [7, 11) is 0. The predicted molar refractivity (Wildman–Crippen MR) is 102 cm³/mol. The molecular weight excluding hydrogens is 360 g/mol. The number of piperidine rings is 1. The lowest BCUT2D eigenvalue weighted by Crippen LogP contribution is -2.40. The lowest BCUT2D eigenvalue weighted by molar-refractivity contribution is -0.133. The summed E-state index contributed by atoms with van der Waals surface area (Å²) >= 11 is 0. The van der Waals surface area contributed by atoms with Crippen LogP contribution in [0.15, 0.2) is 12.4 Å². The van der Waals surface area contributed by atoms with Crippen LogP contribution in [0, 0.1) is 13.8 Å². The topological polar surface area (TPSA) is 116 Å². The Kier molecular flexibility index (Phi) is 5.62. The third kappa shape index (κ3) is 3.97. The number of carbonyl (C=O) groups is 3. The van der Waals surface area contributed by atoms with Crippen molar-refractivity contribution in [1.82, 2.24) is 24.2 Å². The highest BCUT2D eigenvalue weighted by Gasteiger charge is 2.27. The fourth-order valence-corrected chi connectivity index (χ4v) is 3.96. The number of ketones is 1. The molecule has 28 heavy (non-hydrogen) atoms. The Morgan fingerprint density at radius 3 is 2.43 bits per heavy atom. The monoisotopic (exact) mass is 386 g/mol. The van der Waals surface area contributed by atoms with Crippen molar-refractivity contribution in [3.8, 4) is 0 Å². The standard InChI is InChI=1S/C19H26N6O3/c1-12-18(14(3)26)13(2)25(22-12)11-17(28)23-7-4-15(5-8-23)19-21-6-9-24(19)10-16(20)27/h6,9,15H,4-5,7-8,10-11H2,1-3H3,(H2,20,27). The van der Waals surface area contributed by atoms with Crippen molar-refractivity contribution in [3.63, 3.8) is 0 Å². The van der Waals surface area contributed by atoms with Gasteiger partial charge in [0, 0.05) is 37.1 Å². The highest BCUT2D eigenvalue weighted by atomic mass is 16.2. The minimum absolute atomic E-state index is 0.0142. The van der Waals surface area contributed by atoms with Crippen LogP contribution in [-0.4, -0.2) is 54.9 Å². The molecule has 1 saturated heterocycles. The van der Waals surface area contributed by atoms with Gasteiger partial charge in [0.2, 0.25) is 11.8 Å². The number of rotatable bonds is 6. The number of nitrogens with zero attached hydrogens (tertiary/aromatic N) is 5. The molecule has 0 bridgehead atoms. The maximum absolute atomic E-state index is 12.7. The second-order valence-electron chi connectivity index (χ2n) is 7.29. The molecule has 9 nitrogen and oxygen atoms in total. The van der Waals surface area contributed by atoms with Gasteiger partial charge < -0.3 is 15.2 Å². The molecule has 0 aliphatic carbocycles. The first-order chi connectivity index (χ1) is 13.3. The van der Waals surface area contributed by atoms with E-state index in [1.165, 1.54) is 6.92 Å². The third-order valence-corrected chi connectivity index (χ3v) is 5.31. The number of aryl methyl sites for hydroxylation is 1. The van der Waals surface area contributed by atoms with Crippen LogP contribution in [0.2, 0.25) is 0 Å². The van der Waals surface area contributed by atoms with Crippen LogP contribution in [0.25, 0.3) is 0 Å². The lowest BCUT2D eigenvalue weighted by Gasteiger charge is -2.32. The molecule has 0 spiro atoms. The van der Waals surface area contributed by atoms with Gasteiger partial charge in [0.1, 0.15) is 18.9 Å². The van der Waals surface area contributed by atoms with Crippen molar-refractivity contribution in [3.05, 3.63) is 35.2 Å². The quantitative estimate of drug-likeness (QED) is 0.737. The van der Waals surface area contributed by atoms with Crippen LogP contribution < -0.4 is 5.73 Å². The van der Waals surface area contributed by atoms with E-state index in [1.807, 2.05) is 11.8 Å². The van der Waals surface area contributed by atoms with E-state index in [1.54, 1.807) is 28.6 Å². The first-order valence-corrected chi connectivity index (χ1v) is 9.40. The number of nitrogens with two attached hydrogens (primary N) is 1. The van der Waals surface area contributed by atoms with Crippen molar-refractivity contribution in [2.75, 3.05) is 13.1 Å². The van der Waals surface area contributed by atoms with Gasteiger partial charge in [-0.25, -0.2) is 4.98 Å². The number of carbonyl (C=O) groups excluding carboxylic acids is 3. The van der Waals surface area contributed by atoms with E-state index in [0.717, 1.165) is 24.4 Å². The Hall–Kier alpha value is -2.97. The maximum atomic E-state index is 12.7. The summed E-state index contributed by atoms with van der Waals surface area (Å²) in [4.78, 5) is 41.9. The lowest BCUT2D eigenvalue weighted by atomic mass is 9.96. The molecule has 0 aromatic carbocycles. The number of primary amides is 1. The molecule has 3 rings (SSSR count). The van der Waals surface area contributed by atoms with Gasteiger partial charge in [-0.1, -0.05) is 0 Å². The number of hydrogen-bond acceptors (Lipinski definition) is 5. The van der Waals surface area contributed by atoms with E-state index in [2.05, 4.69) is 10.1 Å². The van der Waals surface area contributed by atoms with E-state index in [9.17, 15) is 14.4 Å². The second kappa shape index (κ2) is 7.95. The van der Waals surface area contributed by atoms with Crippen LogP contribution in [0.3, 0.4) is 0 Å². The molecule has 0 radical (unpaired) electrons. The van der Waals surface area contributed by atoms with E-state index < -0.39 is 5.91 Å². The number of Topliss-reactive ketones (excluding diaryl/α,β-unsaturated/α-hetero) is 1. The van der Waals surface area contributed by atoms with Gasteiger partial charge in [-0.15, -0.1) is 0 Å². The molecule has 9 heteroatoms. The van der Waals surface area contributed by atoms with E-state index in [4.69, 9.17) is 5.73 Å². The number of imidazole rings is 1. The van der Waals surface area contributed by atoms with Crippen LogP contribution in [-0.2, 0) is 22.7 Å².